The number of halogens is 1. The Bertz CT molecular complexity index is 1430. The van der Waals surface area contributed by atoms with Gasteiger partial charge in [-0.25, -0.2) is 4.39 Å². The summed E-state index contributed by atoms with van der Waals surface area (Å²) < 4.78 is 25.0. The van der Waals surface area contributed by atoms with Crippen molar-refractivity contribution in [2.45, 2.75) is 32.3 Å². The molecule has 0 aliphatic rings. The number of aryl methyl sites for hydroxylation is 2. The summed E-state index contributed by atoms with van der Waals surface area (Å²) in [6.07, 6.45) is 2.04. The molecule has 0 saturated heterocycles. The number of ether oxygens (including phenoxy) is 2. The number of carbonyl (C=O) groups excluding carboxylic acids is 1. The van der Waals surface area contributed by atoms with Crippen molar-refractivity contribution >= 4 is 5.91 Å². The fraction of sp³-hybridized carbons (Fsp3) is 0.241. The lowest BCUT2D eigenvalue weighted by Gasteiger charge is -2.12. The average Bonchev–Trinajstić information content (AvgIpc) is 2.94. The van der Waals surface area contributed by atoms with Crippen LogP contribution in [0.4, 0.5) is 4.39 Å². The van der Waals surface area contributed by atoms with Crippen LogP contribution in [0.25, 0.3) is 11.4 Å². The second kappa shape index (κ2) is 13.1. The molecule has 4 aromatic rings. The summed E-state index contributed by atoms with van der Waals surface area (Å²) in [7, 11) is 1.49. The average molecular weight is 517 g/mol. The number of methoxy groups -OCH3 is 1. The van der Waals surface area contributed by atoms with E-state index >= 15 is 0 Å². The first kappa shape index (κ1) is 26.5. The first-order valence-corrected chi connectivity index (χ1v) is 12.3. The van der Waals surface area contributed by atoms with Crippen molar-refractivity contribution in [2.75, 3.05) is 13.7 Å². The van der Waals surface area contributed by atoms with Crippen molar-refractivity contribution in [2.24, 2.45) is 0 Å². The highest BCUT2D eigenvalue weighted by molar-refractivity contribution is 5.76. The monoisotopic (exact) mass is 516 g/mol. The number of hydrogen-bond donors (Lipinski definition) is 2. The van der Waals surface area contributed by atoms with Gasteiger partial charge in [0, 0.05) is 30.5 Å². The van der Waals surface area contributed by atoms with Gasteiger partial charge in [-0.05, 0) is 42.7 Å². The number of aromatic amines is 1. The van der Waals surface area contributed by atoms with E-state index in [0.29, 0.717) is 29.2 Å². The van der Waals surface area contributed by atoms with Crippen LogP contribution < -0.4 is 20.3 Å². The quantitative estimate of drug-likeness (QED) is 0.273. The van der Waals surface area contributed by atoms with Crippen molar-refractivity contribution in [1.82, 2.24) is 20.5 Å². The van der Waals surface area contributed by atoms with Crippen LogP contribution in [0.3, 0.4) is 0 Å². The standard InChI is InChI=1S/C29H29FN4O4/c1-37-26-18-21(13-15-25(26)38-19-22-11-5-6-12-23(22)30)28-32-29(36)24(33-34-28)14-16-27(35)31-17-7-10-20-8-3-2-4-9-20/h2-6,8-9,11-13,15,18H,7,10,14,16-17,19H2,1H3,(H,31,35)(H,32,34,36). The Morgan fingerprint density at radius 1 is 0.974 bits per heavy atom. The number of nitrogens with zero attached hydrogens (tertiary/aromatic N) is 2. The van der Waals surface area contributed by atoms with E-state index < -0.39 is 5.56 Å². The number of carbonyl (C=O) groups is 1. The van der Waals surface area contributed by atoms with Crippen LogP contribution in [0.1, 0.15) is 29.7 Å². The Labute approximate surface area is 219 Å². The normalized spacial score (nSPS) is 10.7. The predicted molar refractivity (Wildman–Crippen MR) is 141 cm³/mol. The maximum atomic E-state index is 13.9. The molecule has 1 heterocycles. The Kier molecular flexibility index (Phi) is 9.17. The molecule has 0 radical (unpaired) electrons. The molecule has 0 aliphatic heterocycles. The topological polar surface area (TPSA) is 106 Å². The maximum absolute atomic E-state index is 13.9. The highest BCUT2D eigenvalue weighted by Crippen LogP contribution is 2.31. The van der Waals surface area contributed by atoms with Crippen molar-refractivity contribution in [3.8, 4) is 22.9 Å². The van der Waals surface area contributed by atoms with E-state index in [0.717, 1.165) is 12.8 Å². The highest BCUT2D eigenvalue weighted by Gasteiger charge is 2.13. The molecule has 38 heavy (non-hydrogen) atoms. The van der Waals surface area contributed by atoms with E-state index in [4.69, 9.17) is 9.47 Å². The first-order valence-electron chi connectivity index (χ1n) is 12.3. The third-order valence-electron chi connectivity index (χ3n) is 5.94. The molecule has 196 valence electrons. The summed E-state index contributed by atoms with van der Waals surface area (Å²) in [6, 6.07) is 21.5. The number of amides is 1. The van der Waals surface area contributed by atoms with Crippen molar-refractivity contribution in [1.29, 1.82) is 0 Å². The van der Waals surface area contributed by atoms with E-state index in [1.807, 2.05) is 18.2 Å². The molecule has 9 heteroatoms. The van der Waals surface area contributed by atoms with Gasteiger partial charge in [-0.2, -0.15) is 0 Å². The summed E-state index contributed by atoms with van der Waals surface area (Å²) in [5.41, 5.74) is 1.99. The van der Waals surface area contributed by atoms with Crippen LogP contribution in [0, 0.1) is 5.82 Å². The van der Waals surface area contributed by atoms with Gasteiger partial charge < -0.3 is 19.8 Å². The fourth-order valence-electron chi connectivity index (χ4n) is 3.84. The number of aromatic nitrogens is 3. The Hall–Kier alpha value is -4.53. The van der Waals surface area contributed by atoms with E-state index in [2.05, 4.69) is 32.6 Å². The molecular weight excluding hydrogens is 487 g/mol. The van der Waals surface area contributed by atoms with Crippen molar-refractivity contribution in [3.63, 3.8) is 0 Å². The molecule has 0 aliphatic carbocycles. The van der Waals surface area contributed by atoms with E-state index in [-0.39, 0.29) is 42.7 Å². The van der Waals surface area contributed by atoms with E-state index in [1.54, 1.807) is 36.4 Å². The third kappa shape index (κ3) is 7.25. The summed E-state index contributed by atoms with van der Waals surface area (Å²) in [5.74, 6) is 0.578. The van der Waals surface area contributed by atoms with Gasteiger partial charge in [0.25, 0.3) is 5.56 Å². The van der Waals surface area contributed by atoms with Crippen LogP contribution in [0.2, 0.25) is 0 Å². The molecule has 1 amide bonds. The van der Waals surface area contributed by atoms with Crippen LogP contribution in [-0.4, -0.2) is 34.7 Å². The van der Waals surface area contributed by atoms with Crippen molar-refractivity contribution < 1.29 is 18.7 Å². The zero-order valence-electron chi connectivity index (χ0n) is 21.1. The van der Waals surface area contributed by atoms with Gasteiger partial charge in [-0.15, -0.1) is 10.2 Å². The van der Waals surface area contributed by atoms with Gasteiger partial charge >= 0.3 is 0 Å². The minimum Gasteiger partial charge on any atom is -0.493 e. The summed E-state index contributed by atoms with van der Waals surface area (Å²) >= 11 is 0. The molecule has 1 aromatic heterocycles. The van der Waals surface area contributed by atoms with Crippen LogP contribution in [-0.2, 0) is 24.2 Å². The second-order valence-electron chi connectivity index (χ2n) is 8.63. The highest BCUT2D eigenvalue weighted by atomic mass is 19.1. The lowest BCUT2D eigenvalue weighted by molar-refractivity contribution is -0.121. The summed E-state index contributed by atoms with van der Waals surface area (Å²) in [4.78, 5) is 27.5. The molecule has 3 aromatic carbocycles. The molecular formula is C29H29FN4O4. The zero-order valence-corrected chi connectivity index (χ0v) is 21.1. The molecule has 0 fully saturated rings. The largest absolute Gasteiger partial charge is 0.493 e. The SMILES string of the molecule is COc1cc(-c2nnc(CCC(=O)NCCCc3ccccc3)c(=O)[nH]2)ccc1OCc1ccccc1F. The minimum atomic E-state index is -0.411. The maximum Gasteiger partial charge on any atom is 0.273 e. The molecule has 0 saturated carbocycles. The Morgan fingerprint density at radius 3 is 2.53 bits per heavy atom. The number of H-pyrrole nitrogens is 1. The third-order valence-corrected chi connectivity index (χ3v) is 5.94. The van der Waals surface area contributed by atoms with Crippen molar-refractivity contribution in [3.05, 3.63) is 106 Å². The summed E-state index contributed by atoms with van der Waals surface area (Å²) in [6.45, 7) is 0.602. The number of benzene rings is 3. The number of hydrogen-bond acceptors (Lipinski definition) is 6. The molecule has 2 N–H and O–H groups in total. The second-order valence-corrected chi connectivity index (χ2v) is 8.63. The number of rotatable bonds is 12. The van der Waals surface area contributed by atoms with Gasteiger partial charge in [0.2, 0.25) is 5.91 Å². The molecule has 0 spiro atoms. The fourth-order valence-corrected chi connectivity index (χ4v) is 3.84. The molecule has 0 atom stereocenters. The van der Waals surface area contributed by atoms with Gasteiger partial charge in [0.1, 0.15) is 18.1 Å². The molecule has 0 bridgehead atoms. The van der Waals surface area contributed by atoms with Crippen LogP contribution >= 0.6 is 0 Å². The molecule has 8 nitrogen and oxygen atoms in total. The van der Waals surface area contributed by atoms with E-state index in [9.17, 15) is 14.0 Å². The van der Waals surface area contributed by atoms with Gasteiger partial charge in [0.05, 0.1) is 7.11 Å². The smallest absolute Gasteiger partial charge is 0.273 e. The van der Waals surface area contributed by atoms with Crippen LogP contribution in [0.15, 0.2) is 77.6 Å². The lowest BCUT2D eigenvalue weighted by atomic mass is 10.1. The van der Waals surface area contributed by atoms with Gasteiger partial charge in [0.15, 0.2) is 17.3 Å². The number of nitrogens with one attached hydrogen (secondary N) is 2. The Balaban J connectivity index is 1.31. The van der Waals surface area contributed by atoms with Gasteiger partial charge in [-0.1, -0.05) is 48.5 Å². The van der Waals surface area contributed by atoms with Crippen LogP contribution in [0.5, 0.6) is 11.5 Å². The zero-order chi connectivity index (χ0) is 26.7. The van der Waals surface area contributed by atoms with E-state index in [1.165, 1.54) is 18.7 Å². The Morgan fingerprint density at radius 2 is 1.76 bits per heavy atom. The lowest BCUT2D eigenvalue weighted by Crippen LogP contribution is -2.26. The minimum absolute atomic E-state index is 0.0360. The first-order chi connectivity index (χ1) is 18.5. The summed E-state index contributed by atoms with van der Waals surface area (Å²) in [5, 5.41) is 11.0. The predicted octanol–water partition coefficient (Wildman–Crippen LogP) is 4.24. The molecule has 4 rings (SSSR count). The molecule has 0 unspecified atom stereocenters. The van der Waals surface area contributed by atoms with Gasteiger partial charge in [-0.3, -0.25) is 9.59 Å².